The van der Waals surface area contributed by atoms with E-state index in [1.54, 1.807) is 0 Å². The molecule has 0 fully saturated rings. The lowest BCUT2D eigenvalue weighted by Gasteiger charge is -2.07. The number of para-hydroxylation sites is 1. The van der Waals surface area contributed by atoms with Crippen molar-refractivity contribution in [3.8, 4) is 0 Å². The van der Waals surface area contributed by atoms with Crippen molar-refractivity contribution in [2.24, 2.45) is 0 Å². The van der Waals surface area contributed by atoms with Gasteiger partial charge in [-0.2, -0.15) is 0 Å². The van der Waals surface area contributed by atoms with Crippen molar-refractivity contribution in [2.75, 3.05) is 6.54 Å². The zero-order valence-electron chi connectivity index (χ0n) is 12.3. The zero-order chi connectivity index (χ0) is 14.4. The fourth-order valence-corrected chi connectivity index (χ4v) is 2.31. The molecule has 3 nitrogen and oxygen atoms in total. The molecule has 3 heteroatoms. The zero-order valence-corrected chi connectivity index (χ0v) is 12.3. The van der Waals surface area contributed by atoms with E-state index in [0.717, 1.165) is 29.4 Å². The second-order valence-corrected chi connectivity index (χ2v) is 5.16. The highest BCUT2D eigenvalue weighted by Crippen LogP contribution is 2.17. The molecule has 1 heterocycles. The molecule has 0 spiro atoms. The van der Waals surface area contributed by atoms with Crippen LogP contribution in [0.4, 0.5) is 0 Å². The summed E-state index contributed by atoms with van der Waals surface area (Å²) in [5, 5.41) is 4.05. The van der Waals surface area contributed by atoms with Gasteiger partial charge in [0.05, 0.1) is 5.52 Å². The van der Waals surface area contributed by atoms with Gasteiger partial charge in [-0.3, -0.25) is 4.79 Å². The number of aryl methyl sites for hydroxylation is 1. The number of hydrogen-bond donors (Lipinski definition) is 1. The molecule has 2 aromatic rings. The van der Waals surface area contributed by atoms with Gasteiger partial charge in [-0.15, -0.1) is 0 Å². The van der Waals surface area contributed by atoms with Crippen LogP contribution in [0.5, 0.6) is 0 Å². The van der Waals surface area contributed by atoms with Crippen LogP contribution in [0.2, 0.25) is 0 Å². The van der Waals surface area contributed by atoms with E-state index in [1.165, 1.54) is 19.3 Å². The fraction of sp³-hybridized carbons (Fsp3) is 0.412. The molecule has 2 rings (SSSR count). The lowest BCUT2D eigenvalue weighted by Crippen LogP contribution is -2.25. The van der Waals surface area contributed by atoms with Crippen molar-refractivity contribution in [1.82, 2.24) is 10.3 Å². The summed E-state index contributed by atoms with van der Waals surface area (Å²) < 4.78 is 0. The van der Waals surface area contributed by atoms with Gasteiger partial charge in [0.15, 0.2) is 0 Å². The maximum atomic E-state index is 12.1. The van der Waals surface area contributed by atoms with Crippen molar-refractivity contribution in [3.05, 3.63) is 41.6 Å². The van der Waals surface area contributed by atoms with Crippen molar-refractivity contribution >= 4 is 16.8 Å². The summed E-state index contributed by atoms with van der Waals surface area (Å²) in [4.78, 5) is 16.5. The van der Waals surface area contributed by atoms with E-state index in [0.29, 0.717) is 5.69 Å². The predicted molar refractivity (Wildman–Crippen MR) is 83.0 cm³/mol. The van der Waals surface area contributed by atoms with Crippen LogP contribution in [0.1, 0.15) is 48.7 Å². The molecule has 0 radical (unpaired) electrons. The second-order valence-electron chi connectivity index (χ2n) is 5.16. The molecule has 0 aliphatic rings. The first kappa shape index (κ1) is 14.5. The van der Waals surface area contributed by atoms with Crippen molar-refractivity contribution in [3.63, 3.8) is 0 Å². The molecule has 0 atom stereocenters. The third kappa shape index (κ3) is 3.56. The lowest BCUT2D eigenvalue weighted by atomic mass is 10.1. The predicted octanol–water partition coefficient (Wildman–Crippen LogP) is 3.85. The number of amides is 1. The van der Waals surface area contributed by atoms with E-state index in [4.69, 9.17) is 0 Å². The van der Waals surface area contributed by atoms with Gasteiger partial charge >= 0.3 is 0 Å². The number of carbonyl (C=O) groups is 1. The lowest BCUT2D eigenvalue weighted by molar-refractivity contribution is 0.0948. The quantitative estimate of drug-likeness (QED) is 0.810. The number of rotatable bonds is 6. The monoisotopic (exact) mass is 270 g/mol. The summed E-state index contributed by atoms with van der Waals surface area (Å²) in [7, 11) is 0. The Morgan fingerprint density at radius 3 is 2.80 bits per heavy atom. The molecular weight excluding hydrogens is 248 g/mol. The SMILES string of the molecule is CCCCCCNC(=O)c1cc(C)c2ccccc2n1. The number of aromatic nitrogens is 1. The van der Waals surface area contributed by atoms with Crippen LogP contribution in [-0.2, 0) is 0 Å². The normalized spacial score (nSPS) is 10.7. The number of fused-ring (bicyclic) bond motifs is 1. The van der Waals surface area contributed by atoms with Gasteiger partial charge < -0.3 is 5.32 Å². The number of hydrogen-bond acceptors (Lipinski definition) is 2. The van der Waals surface area contributed by atoms with Gasteiger partial charge in [0, 0.05) is 11.9 Å². The molecule has 0 aliphatic heterocycles. The van der Waals surface area contributed by atoms with E-state index in [1.807, 2.05) is 37.3 Å². The van der Waals surface area contributed by atoms with Gasteiger partial charge in [0.2, 0.25) is 0 Å². The molecule has 0 saturated heterocycles. The van der Waals surface area contributed by atoms with E-state index >= 15 is 0 Å². The van der Waals surface area contributed by atoms with Crippen molar-refractivity contribution in [2.45, 2.75) is 39.5 Å². The molecule has 20 heavy (non-hydrogen) atoms. The van der Waals surface area contributed by atoms with Gasteiger partial charge in [-0.25, -0.2) is 4.98 Å². The summed E-state index contributed by atoms with van der Waals surface area (Å²) in [6, 6.07) is 9.78. The minimum Gasteiger partial charge on any atom is -0.351 e. The highest BCUT2D eigenvalue weighted by molar-refractivity contribution is 5.95. The van der Waals surface area contributed by atoms with Crippen LogP contribution in [0, 0.1) is 6.92 Å². The third-order valence-electron chi connectivity index (χ3n) is 3.47. The second kappa shape index (κ2) is 7.04. The summed E-state index contributed by atoms with van der Waals surface area (Å²) in [5.74, 6) is -0.0737. The van der Waals surface area contributed by atoms with Gasteiger partial charge in [-0.1, -0.05) is 44.4 Å². The van der Waals surface area contributed by atoms with Gasteiger partial charge in [0.1, 0.15) is 5.69 Å². The van der Waals surface area contributed by atoms with Crippen LogP contribution >= 0.6 is 0 Å². The molecule has 1 aromatic carbocycles. The van der Waals surface area contributed by atoms with Gasteiger partial charge in [0.25, 0.3) is 5.91 Å². The number of nitrogens with one attached hydrogen (secondary N) is 1. The largest absolute Gasteiger partial charge is 0.351 e. The topological polar surface area (TPSA) is 42.0 Å². The van der Waals surface area contributed by atoms with Gasteiger partial charge in [-0.05, 0) is 31.0 Å². The number of nitrogens with zero attached hydrogens (tertiary/aromatic N) is 1. The van der Waals surface area contributed by atoms with Crippen LogP contribution < -0.4 is 5.32 Å². The molecule has 106 valence electrons. The number of pyridine rings is 1. The fourth-order valence-electron chi connectivity index (χ4n) is 2.31. The number of carbonyl (C=O) groups excluding carboxylic acids is 1. The highest BCUT2D eigenvalue weighted by Gasteiger charge is 2.09. The highest BCUT2D eigenvalue weighted by atomic mass is 16.1. The molecular formula is C17H22N2O. The minimum absolute atomic E-state index is 0.0737. The van der Waals surface area contributed by atoms with Crippen LogP contribution in [-0.4, -0.2) is 17.4 Å². The average Bonchev–Trinajstić information content (AvgIpc) is 2.47. The Kier molecular flexibility index (Phi) is 5.10. The summed E-state index contributed by atoms with van der Waals surface area (Å²) >= 11 is 0. The average molecular weight is 270 g/mol. The van der Waals surface area contributed by atoms with Crippen LogP contribution in [0.15, 0.2) is 30.3 Å². The van der Waals surface area contributed by atoms with Crippen molar-refractivity contribution < 1.29 is 4.79 Å². The van der Waals surface area contributed by atoms with Crippen LogP contribution in [0.25, 0.3) is 10.9 Å². The Balaban J connectivity index is 2.03. The molecule has 1 amide bonds. The smallest absolute Gasteiger partial charge is 0.269 e. The van der Waals surface area contributed by atoms with E-state index in [2.05, 4.69) is 17.2 Å². The molecule has 0 saturated carbocycles. The van der Waals surface area contributed by atoms with E-state index < -0.39 is 0 Å². The molecule has 0 aliphatic carbocycles. The van der Waals surface area contributed by atoms with Crippen molar-refractivity contribution in [1.29, 1.82) is 0 Å². The Morgan fingerprint density at radius 2 is 2.00 bits per heavy atom. The standard InChI is InChI=1S/C17H22N2O/c1-3-4-5-8-11-18-17(20)16-12-13(2)14-9-6-7-10-15(14)19-16/h6-7,9-10,12H,3-5,8,11H2,1-2H3,(H,18,20). The molecule has 1 aromatic heterocycles. The molecule has 1 N–H and O–H groups in total. The first-order valence-corrected chi connectivity index (χ1v) is 7.37. The van der Waals surface area contributed by atoms with E-state index in [-0.39, 0.29) is 5.91 Å². The number of benzene rings is 1. The van der Waals surface area contributed by atoms with Crippen LogP contribution in [0.3, 0.4) is 0 Å². The molecule has 0 bridgehead atoms. The first-order chi connectivity index (χ1) is 9.72. The van der Waals surface area contributed by atoms with E-state index in [9.17, 15) is 4.79 Å². The number of unbranched alkanes of at least 4 members (excludes halogenated alkanes) is 3. The maximum absolute atomic E-state index is 12.1. The minimum atomic E-state index is -0.0737. The third-order valence-corrected chi connectivity index (χ3v) is 3.47. The Hall–Kier alpha value is -1.90. The Morgan fingerprint density at radius 1 is 1.20 bits per heavy atom. The molecule has 0 unspecified atom stereocenters. The Bertz CT molecular complexity index is 593. The summed E-state index contributed by atoms with van der Waals surface area (Å²) in [6.07, 6.45) is 4.63. The maximum Gasteiger partial charge on any atom is 0.269 e. The summed E-state index contributed by atoms with van der Waals surface area (Å²) in [5.41, 5.74) is 2.48. The first-order valence-electron chi connectivity index (χ1n) is 7.37. The Labute approximate surface area is 120 Å². The summed E-state index contributed by atoms with van der Waals surface area (Å²) in [6.45, 7) is 4.93.